The highest BCUT2D eigenvalue weighted by Crippen LogP contribution is 2.18. The van der Waals surface area contributed by atoms with Gasteiger partial charge in [0.25, 0.3) is 0 Å². The van der Waals surface area contributed by atoms with Crippen molar-refractivity contribution in [2.24, 2.45) is 0 Å². The molecule has 0 spiro atoms. The first-order valence-electron chi connectivity index (χ1n) is 5.03. The fourth-order valence-corrected chi connectivity index (χ4v) is 2.50. The van der Waals surface area contributed by atoms with E-state index in [1.165, 1.54) is 0 Å². The number of fused-ring (bicyclic) bond motifs is 1. The fourth-order valence-electron chi connectivity index (χ4n) is 1.81. The summed E-state index contributed by atoms with van der Waals surface area (Å²) in [5.41, 5.74) is 2.68. The first-order valence-corrected chi connectivity index (χ1v) is 5.97. The molecule has 0 saturated carbocycles. The van der Waals surface area contributed by atoms with Crippen LogP contribution >= 0.6 is 11.3 Å². The molecule has 1 amide bonds. The van der Waals surface area contributed by atoms with Gasteiger partial charge < -0.3 is 10.5 Å². The van der Waals surface area contributed by atoms with E-state index in [2.05, 4.69) is 10.5 Å². The number of hydrogen-bond acceptors (Lipinski definition) is 3. The highest BCUT2D eigenvalue weighted by Gasteiger charge is 2.28. The number of carbonyl (C=O) groups is 1. The molecule has 3 rings (SSSR count). The Morgan fingerprint density at radius 1 is 1.12 bits per heavy atom. The van der Waals surface area contributed by atoms with Crippen LogP contribution in [0.4, 0.5) is 5.69 Å². The molecule has 0 radical (unpaired) electrons. The molecule has 0 bridgehead atoms. The summed E-state index contributed by atoms with van der Waals surface area (Å²) in [5, 5.41) is 10.3. The van der Waals surface area contributed by atoms with Crippen LogP contribution in [0.1, 0.15) is 10.4 Å². The molecule has 1 aliphatic heterocycles. The monoisotopic (exact) mass is 228 g/mol. The summed E-state index contributed by atoms with van der Waals surface area (Å²) < 4.78 is 0. The van der Waals surface area contributed by atoms with Crippen molar-refractivity contribution >= 4 is 35.4 Å². The molecule has 0 fully saturated rings. The zero-order valence-corrected chi connectivity index (χ0v) is 9.25. The topological polar surface area (TPSA) is 41.1 Å². The van der Waals surface area contributed by atoms with Crippen molar-refractivity contribution in [3.8, 4) is 0 Å². The second-order valence-corrected chi connectivity index (χ2v) is 4.43. The molecule has 0 atom stereocenters. The summed E-state index contributed by atoms with van der Waals surface area (Å²) in [6.45, 7) is -0.117. The van der Waals surface area contributed by atoms with Gasteiger partial charge in [0.05, 0.1) is 5.56 Å². The summed E-state index contributed by atoms with van der Waals surface area (Å²) in [7, 11) is 0. The third-order valence-corrected chi connectivity index (χ3v) is 3.32. The summed E-state index contributed by atoms with van der Waals surface area (Å²) >= 11 is 1.62. The van der Waals surface area contributed by atoms with E-state index in [0.29, 0.717) is 5.56 Å². The number of rotatable bonds is 1. The van der Waals surface area contributed by atoms with Gasteiger partial charge in [0.15, 0.2) is 0 Å². The van der Waals surface area contributed by atoms with Gasteiger partial charge >= 0.3 is 6.98 Å². The number of benzene rings is 1. The first-order chi connectivity index (χ1) is 7.84. The predicted molar refractivity (Wildman–Crippen MR) is 67.2 cm³/mol. The van der Waals surface area contributed by atoms with Crippen LogP contribution in [0.2, 0.25) is 0 Å². The molecular weight excluding hydrogens is 219 g/mol. The molecule has 2 N–H and O–H groups in total. The minimum atomic E-state index is -0.117. The van der Waals surface area contributed by atoms with Gasteiger partial charge in [0, 0.05) is 5.69 Å². The standard InChI is InChI=1S/C11H9BN2OS/c15-11-9-3-1-2-4-10(9)13-12(14-11)8-5-6-16-7-8/h1-7,13H,(H,14,15). The molecule has 78 valence electrons. The van der Waals surface area contributed by atoms with Crippen LogP contribution in [0.15, 0.2) is 41.1 Å². The quantitative estimate of drug-likeness (QED) is 0.722. The highest BCUT2D eigenvalue weighted by molar-refractivity contribution is 7.09. The Bertz CT molecular complexity index is 527. The maximum absolute atomic E-state index is 11.8. The molecule has 1 aromatic heterocycles. The molecule has 0 aliphatic carbocycles. The van der Waals surface area contributed by atoms with Crippen LogP contribution in [0.3, 0.4) is 0 Å². The van der Waals surface area contributed by atoms with E-state index in [4.69, 9.17) is 0 Å². The lowest BCUT2D eigenvalue weighted by molar-refractivity contribution is 0.0979. The lowest BCUT2D eigenvalue weighted by Crippen LogP contribution is -2.56. The molecule has 1 aliphatic rings. The Balaban J connectivity index is 1.98. The smallest absolute Gasteiger partial charge is 0.405 e. The van der Waals surface area contributed by atoms with Crippen molar-refractivity contribution in [3.63, 3.8) is 0 Å². The van der Waals surface area contributed by atoms with Gasteiger partial charge in [-0.3, -0.25) is 4.79 Å². The number of thiophene rings is 1. The largest absolute Gasteiger partial charge is 0.409 e. The second-order valence-electron chi connectivity index (χ2n) is 3.65. The highest BCUT2D eigenvalue weighted by atomic mass is 32.1. The Kier molecular flexibility index (Phi) is 2.18. The molecule has 3 nitrogen and oxygen atoms in total. The Morgan fingerprint density at radius 2 is 2.00 bits per heavy atom. The Morgan fingerprint density at radius 3 is 2.81 bits per heavy atom. The van der Waals surface area contributed by atoms with Crippen LogP contribution in [0.5, 0.6) is 0 Å². The van der Waals surface area contributed by atoms with Crippen molar-refractivity contribution in [1.29, 1.82) is 0 Å². The van der Waals surface area contributed by atoms with Gasteiger partial charge in [-0.15, -0.1) is 0 Å². The number of carbonyl (C=O) groups excluding carboxylic acids is 1. The lowest BCUT2D eigenvalue weighted by atomic mass is 9.67. The van der Waals surface area contributed by atoms with E-state index in [0.717, 1.165) is 11.2 Å². The average molecular weight is 228 g/mol. The third-order valence-electron chi connectivity index (χ3n) is 2.62. The van der Waals surface area contributed by atoms with Gasteiger partial charge in [0.1, 0.15) is 0 Å². The zero-order chi connectivity index (χ0) is 11.0. The van der Waals surface area contributed by atoms with Crippen LogP contribution in [-0.4, -0.2) is 12.9 Å². The molecule has 1 aromatic carbocycles. The third kappa shape index (κ3) is 1.49. The van der Waals surface area contributed by atoms with E-state index in [-0.39, 0.29) is 12.9 Å². The van der Waals surface area contributed by atoms with Gasteiger partial charge in [-0.2, -0.15) is 11.3 Å². The van der Waals surface area contributed by atoms with Crippen molar-refractivity contribution in [1.82, 2.24) is 5.23 Å². The van der Waals surface area contributed by atoms with E-state index >= 15 is 0 Å². The zero-order valence-electron chi connectivity index (χ0n) is 8.44. The van der Waals surface area contributed by atoms with Crippen LogP contribution in [-0.2, 0) is 0 Å². The normalized spacial score (nSPS) is 14.0. The van der Waals surface area contributed by atoms with Crippen LogP contribution < -0.4 is 15.9 Å². The molecule has 16 heavy (non-hydrogen) atoms. The maximum Gasteiger partial charge on any atom is 0.409 e. The number of hydrogen-bond donors (Lipinski definition) is 2. The first kappa shape index (κ1) is 9.48. The SMILES string of the molecule is O=C1NB(c2ccsc2)Nc2ccccc21. The molecule has 0 saturated heterocycles. The summed E-state index contributed by atoms with van der Waals surface area (Å²) in [4.78, 5) is 11.8. The summed E-state index contributed by atoms with van der Waals surface area (Å²) in [6.07, 6.45) is 0. The number of anilines is 1. The fraction of sp³-hybridized carbons (Fsp3) is 0. The van der Waals surface area contributed by atoms with Gasteiger partial charge in [-0.25, -0.2) is 0 Å². The molecule has 2 aromatic rings. The van der Waals surface area contributed by atoms with Gasteiger partial charge in [-0.05, 0) is 28.4 Å². The van der Waals surface area contributed by atoms with Crippen molar-refractivity contribution < 1.29 is 4.79 Å². The van der Waals surface area contributed by atoms with E-state index in [9.17, 15) is 4.79 Å². The van der Waals surface area contributed by atoms with E-state index < -0.39 is 0 Å². The molecular formula is C11H9BN2OS. The minimum Gasteiger partial charge on any atom is -0.405 e. The maximum atomic E-state index is 11.8. The molecule has 2 heterocycles. The predicted octanol–water partition coefficient (Wildman–Crippen LogP) is 1.30. The van der Waals surface area contributed by atoms with E-state index in [1.807, 2.05) is 41.1 Å². The number of para-hydroxylation sites is 1. The summed E-state index contributed by atoms with van der Waals surface area (Å²) in [6, 6.07) is 9.55. The van der Waals surface area contributed by atoms with Crippen molar-refractivity contribution in [3.05, 3.63) is 46.7 Å². The average Bonchev–Trinajstić information content (AvgIpc) is 2.82. The van der Waals surface area contributed by atoms with Gasteiger partial charge in [0.2, 0.25) is 5.91 Å². The van der Waals surface area contributed by atoms with Gasteiger partial charge in [-0.1, -0.05) is 18.2 Å². The lowest BCUT2D eigenvalue weighted by Gasteiger charge is -2.24. The Labute approximate surface area is 97.6 Å². The van der Waals surface area contributed by atoms with Crippen LogP contribution in [0, 0.1) is 0 Å². The molecule has 0 unspecified atom stereocenters. The summed E-state index contributed by atoms with van der Waals surface area (Å²) in [5.74, 6) is -0.0226. The van der Waals surface area contributed by atoms with E-state index in [1.54, 1.807) is 11.3 Å². The minimum absolute atomic E-state index is 0.0226. The number of amides is 1. The van der Waals surface area contributed by atoms with Crippen LogP contribution in [0.25, 0.3) is 0 Å². The van der Waals surface area contributed by atoms with Crippen molar-refractivity contribution in [2.45, 2.75) is 0 Å². The van der Waals surface area contributed by atoms with Crippen molar-refractivity contribution in [2.75, 3.05) is 5.23 Å². The second kappa shape index (κ2) is 3.68. The Hall–Kier alpha value is -1.75. The molecule has 5 heteroatoms. The number of nitrogens with one attached hydrogen (secondary N) is 2.